The maximum absolute atomic E-state index is 13.7. The summed E-state index contributed by atoms with van der Waals surface area (Å²) in [5.41, 5.74) is 2.12. The van der Waals surface area contributed by atoms with E-state index in [4.69, 9.17) is 0 Å². The molecule has 6 rings (SSSR count). The van der Waals surface area contributed by atoms with Crippen molar-refractivity contribution < 1.29 is 13.2 Å². The van der Waals surface area contributed by atoms with Crippen LogP contribution in [-0.2, 0) is 12.7 Å². The van der Waals surface area contributed by atoms with Crippen LogP contribution in [-0.4, -0.2) is 43.8 Å². The smallest absolute Gasteiger partial charge is 0.303 e. The zero-order valence-corrected chi connectivity index (χ0v) is 20.7. The number of fused-ring (bicyclic) bond motifs is 3. The predicted octanol–water partition coefficient (Wildman–Crippen LogP) is 6.51. The zero-order valence-electron chi connectivity index (χ0n) is 20.7. The van der Waals surface area contributed by atoms with Crippen LogP contribution in [0, 0.1) is 0 Å². The minimum atomic E-state index is -4.57. The molecule has 9 heteroatoms. The molecular formula is C29H23F3N6. The molecule has 2 aromatic heterocycles. The van der Waals surface area contributed by atoms with Crippen molar-refractivity contribution in [3.05, 3.63) is 103 Å². The molecule has 38 heavy (non-hydrogen) atoms. The molecular weight excluding hydrogens is 489 g/mol. The lowest BCUT2D eigenvalue weighted by Gasteiger charge is -2.10. The van der Waals surface area contributed by atoms with E-state index in [0.29, 0.717) is 23.5 Å². The van der Waals surface area contributed by atoms with Crippen molar-refractivity contribution in [3.63, 3.8) is 0 Å². The van der Waals surface area contributed by atoms with E-state index < -0.39 is 11.9 Å². The molecule has 6 aromatic rings. The Morgan fingerprint density at radius 3 is 2.26 bits per heavy atom. The van der Waals surface area contributed by atoms with Crippen LogP contribution in [0.3, 0.4) is 0 Å². The Bertz CT molecular complexity index is 1760. The van der Waals surface area contributed by atoms with Crippen LogP contribution in [0.25, 0.3) is 44.2 Å². The highest BCUT2D eigenvalue weighted by Gasteiger charge is 2.35. The molecule has 0 aliphatic rings. The number of hydrogen-bond acceptors (Lipinski definition) is 4. The van der Waals surface area contributed by atoms with Gasteiger partial charge in [0.1, 0.15) is 0 Å². The van der Waals surface area contributed by atoms with Gasteiger partial charge in [0.05, 0.1) is 29.0 Å². The van der Waals surface area contributed by atoms with Crippen molar-refractivity contribution in [1.29, 1.82) is 0 Å². The second-order valence-electron chi connectivity index (χ2n) is 9.46. The summed E-state index contributed by atoms with van der Waals surface area (Å²) < 4.78 is 44.1. The molecule has 0 saturated heterocycles. The third-order valence-electron chi connectivity index (χ3n) is 6.42. The normalized spacial score (nSPS) is 12.2. The van der Waals surface area contributed by atoms with Crippen molar-refractivity contribution >= 4 is 21.5 Å². The van der Waals surface area contributed by atoms with Crippen LogP contribution >= 0.6 is 0 Å². The Kier molecular flexibility index (Phi) is 5.72. The molecule has 0 spiro atoms. The third kappa shape index (κ3) is 4.41. The first-order valence-electron chi connectivity index (χ1n) is 12.0. The summed E-state index contributed by atoms with van der Waals surface area (Å²) in [6.07, 6.45) is -2.74. The maximum atomic E-state index is 13.7. The minimum absolute atomic E-state index is 0.356. The van der Waals surface area contributed by atoms with Crippen LogP contribution in [0.2, 0.25) is 0 Å². The van der Waals surface area contributed by atoms with E-state index in [9.17, 15) is 13.2 Å². The fraction of sp³-hybridized carbons (Fsp3) is 0.138. The molecule has 0 fully saturated rings. The van der Waals surface area contributed by atoms with E-state index in [0.717, 1.165) is 39.0 Å². The minimum Gasteiger partial charge on any atom is -0.303 e. The first-order chi connectivity index (χ1) is 18.3. The van der Waals surface area contributed by atoms with Gasteiger partial charge in [-0.3, -0.25) is 0 Å². The SMILES string of the molecule is CN(C)Cc1cn(-c2ccc(-n3nc(C(F)(F)F)cc3-c3ccc4c(ccc5ccccc54)c3)cc2)nn1. The Morgan fingerprint density at radius 1 is 0.789 bits per heavy atom. The second kappa shape index (κ2) is 9.11. The molecule has 6 nitrogen and oxygen atoms in total. The third-order valence-corrected chi connectivity index (χ3v) is 6.42. The largest absolute Gasteiger partial charge is 0.435 e. The summed E-state index contributed by atoms with van der Waals surface area (Å²) in [5, 5.41) is 16.5. The second-order valence-corrected chi connectivity index (χ2v) is 9.46. The highest BCUT2D eigenvalue weighted by molar-refractivity contribution is 6.08. The Morgan fingerprint density at radius 2 is 1.50 bits per heavy atom. The number of halogens is 3. The average molecular weight is 513 g/mol. The van der Waals surface area contributed by atoms with Crippen LogP contribution in [0.15, 0.2) is 91.1 Å². The van der Waals surface area contributed by atoms with Crippen LogP contribution in [0.4, 0.5) is 13.2 Å². The van der Waals surface area contributed by atoms with E-state index in [1.807, 2.05) is 79.8 Å². The lowest BCUT2D eigenvalue weighted by atomic mass is 9.99. The Labute approximate surface area is 216 Å². The average Bonchev–Trinajstić information content (AvgIpc) is 3.56. The summed E-state index contributed by atoms with van der Waals surface area (Å²) in [5.74, 6) is 0. The number of nitrogens with zero attached hydrogens (tertiary/aromatic N) is 6. The van der Waals surface area contributed by atoms with Crippen molar-refractivity contribution in [1.82, 2.24) is 29.7 Å². The maximum Gasteiger partial charge on any atom is 0.435 e. The standard InChI is InChI=1S/C29H23F3N6/c1-36(2)17-22-18-37(35-33-22)23-10-12-24(13-11-23)38-27(16-28(34-38)29(30,31)32)21-9-14-26-20(15-21)8-7-19-5-3-4-6-25(19)26/h3-16,18H,17H2,1-2H3. The fourth-order valence-corrected chi connectivity index (χ4v) is 4.66. The molecule has 0 saturated carbocycles. The molecule has 0 radical (unpaired) electrons. The van der Waals surface area contributed by atoms with Gasteiger partial charge in [0.15, 0.2) is 5.69 Å². The first-order valence-corrected chi connectivity index (χ1v) is 12.0. The first kappa shape index (κ1) is 23.9. The Hall–Kier alpha value is -4.50. The zero-order chi connectivity index (χ0) is 26.4. The van der Waals surface area contributed by atoms with Crippen molar-refractivity contribution in [2.75, 3.05) is 14.1 Å². The van der Waals surface area contributed by atoms with Gasteiger partial charge in [0.25, 0.3) is 0 Å². The highest BCUT2D eigenvalue weighted by atomic mass is 19.4. The number of rotatable bonds is 5. The molecule has 0 aliphatic heterocycles. The van der Waals surface area contributed by atoms with Gasteiger partial charge in [-0.15, -0.1) is 5.10 Å². The molecule has 0 amide bonds. The van der Waals surface area contributed by atoms with Gasteiger partial charge < -0.3 is 4.90 Å². The summed E-state index contributed by atoms with van der Waals surface area (Å²) in [4.78, 5) is 1.99. The van der Waals surface area contributed by atoms with Crippen molar-refractivity contribution in [2.24, 2.45) is 0 Å². The number of benzene rings is 4. The Balaban J connectivity index is 1.42. The number of hydrogen-bond donors (Lipinski definition) is 0. The van der Waals surface area contributed by atoms with Gasteiger partial charge >= 0.3 is 6.18 Å². The predicted molar refractivity (Wildman–Crippen MR) is 141 cm³/mol. The number of aromatic nitrogens is 5. The van der Waals surface area contributed by atoms with Gasteiger partial charge in [-0.1, -0.05) is 53.7 Å². The molecule has 4 aromatic carbocycles. The quantitative estimate of drug-likeness (QED) is 0.247. The van der Waals surface area contributed by atoms with Crippen molar-refractivity contribution in [2.45, 2.75) is 12.7 Å². The molecule has 0 atom stereocenters. The van der Waals surface area contributed by atoms with E-state index in [2.05, 4.69) is 15.4 Å². The van der Waals surface area contributed by atoms with Gasteiger partial charge in [0.2, 0.25) is 0 Å². The van der Waals surface area contributed by atoms with Gasteiger partial charge in [-0.05, 0) is 72.0 Å². The van der Waals surface area contributed by atoms with Gasteiger partial charge in [-0.2, -0.15) is 18.3 Å². The molecule has 0 aliphatic carbocycles. The molecule has 0 unspecified atom stereocenters. The lowest BCUT2D eigenvalue weighted by molar-refractivity contribution is -0.141. The lowest BCUT2D eigenvalue weighted by Crippen LogP contribution is -2.10. The molecule has 0 bridgehead atoms. The van der Waals surface area contributed by atoms with E-state index >= 15 is 0 Å². The van der Waals surface area contributed by atoms with Gasteiger partial charge in [-0.25, -0.2) is 9.36 Å². The monoisotopic (exact) mass is 512 g/mol. The van der Waals surface area contributed by atoms with E-state index in [1.165, 1.54) is 4.68 Å². The molecule has 0 N–H and O–H groups in total. The van der Waals surface area contributed by atoms with E-state index in [-0.39, 0.29) is 0 Å². The molecule has 190 valence electrons. The van der Waals surface area contributed by atoms with Crippen LogP contribution < -0.4 is 0 Å². The fourth-order valence-electron chi connectivity index (χ4n) is 4.66. The summed E-state index contributed by atoms with van der Waals surface area (Å²) in [7, 11) is 3.89. The topological polar surface area (TPSA) is 51.8 Å². The van der Waals surface area contributed by atoms with Crippen LogP contribution in [0.1, 0.15) is 11.4 Å². The number of alkyl halides is 3. The summed E-state index contributed by atoms with van der Waals surface area (Å²) in [6, 6.07) is 25.9. The van der Waals surface area contributed by atoms with Gasteiger partial charge in [0, 0.05) is 12.1 Å². The van der Waals surface area contributed by atoms with E-state index in [1.54, 1.807) is 28.9 Å². The summed E-state index contributed by atoms with van der Waals surface area (Å²) in [6.45, 7) is 0.649. The van der Waals surface area contributed by atoms with Crippen molar-refractivity contribution in [3.8, 4) is 22.6 Å². The summed E-state index contributed by atoms with van der Waals surface area (Å²) >= 11 is 0. The highest BCUT2D eigenvalue weighted by Crippen LogP contribution is 2.35. The molecule has 2 heterocycles. The van der Waals surface area contributed by atoms with Crippen LogP contribution in [0.5, 0.6) is 0 Å².